The Bertz CT molecular complexity index is 399. The standard InChI is InChI=1S/C14H19BrClNO/c15-11-8-10(6-7-12(11)16)9-17-13-4-2-1-3-5-14(13)18/h6-8,13-14,17-18H,1-5,9H2. The van der Waals surface area contributed by atoms with Crippen LogP contribution in [0.25, 0.3) is 0 Å². The summed E-state index contributed by atoms with van der Waals surface area (Å²) in [7, 11) is 0. The van der Waals surface area contributed by atoms with Crippen LogP contribution in [0, 0.1) is 0 Å². The summed E-state index contributed by atoms with van der Waals surface area (Å²) in [6.07, 6.45) is 5.37. The van der Waals surface area contributed by atoms with Crippen LogP contribution in [0.15, 0.2) is 22.7 Å². The molecule has 0 aliphatic heterocycles. The fraction of sp³-hybridized carbons (Fsp3) is 0.571. The SMILES string of the molecule is OC1CCCCCC1NCc1ccc(Cl)c(Br)c1. The number of aliphatic hydroxyl groups excluding tert-OH is 1. The Kier molecular flexibility index (Phi) is 5.49. The molecule has 4 heteroatoms. The minimum atomic E-state index is -0.205. The first-order chi connectivity index (χ1) is 8.66. The van der Waals surface area contributed by atoms with Crippen molar-refractivity contribution >= 4 is 27.5 Å². The van der Waals surface area contributed by atoms with Gasteiger partial charge in [-0.15, -0.1) is 0 Å². The van der Waals surface area contributed by atoms with Gasteiger partial charge in [0.05, 0.1) is 11.1 Å². The van der Waals surface area contributed by atoms with Crippen molar-refractivity contribution in [1.29, 1.82) is 0 Å². The van der Waals surface area contributed by atoms with Crippen LogP contribution in [0.2, 0.25) is 5.02 Å². The highest BCUT2D eigenvalue weighted by atomic mass is 79.9. The quantitative estimate of drug-likeness (QED) is 0.823. The third-order valence-corrected chi connectivity index (χ3v) is 4.75. The van der Waals surface area contributed by atoms with Gasteiger partial charge in [-0.25, -0.2) is 0 Å². The van der Waals surface area contributed by atoms with Gasteiger partial charge in [0, 0.05) is 17.1 Å². The molecule has 1 aliphatic carbocycles. The second-order valence-electron chi connectivity index (χ2n) is 4.94. The average Bonchev–Trinajstić information content (AvgIpc) is 2.56. The minimum absolute atomic E-state index is 0.205. The van der Waals surface area contributed by atoms with E-state index in [2.05, 4.69) is 21.2 Å². The first kappa shape index (κ1) is 14.3. The van der Waals surface area contributed by atoms with Crippen LogP contribution >= 0.6 is 27.5 Å². The fourth-order valence-electron chi connectivity index (χ4n) is 2.42. The predicted molar refractivity (Wildman–Crippen MR) is 78.9 cm³/mol. The molecule has 1 aromatic carbocycles. The zero-order chi connectivity index (χ0) is 13.0. The molecule has 0 heterocycles. The van der Waals surface area contributed by atoms with Crippen molar-refractivity contribution in [1.82, 2.24) is 5.32 Å². The second-order valence-corrected chi connectivity index (χ2v) is 6.20. The number of hydrogen-bond acceptors (Lipinski definition) is 2. The third-order valence-electron chi connectivity index (χ3n) is 3.53. The van der Waals surface area contributed by atoms with Gasteiger partial charge in [0.25, 0.3) is 0 Å². The van der Waals surface area contributed by atoms with Gasteiger partial charge in [-0.3, -0.25) is 0 Å². The average molecular weight is 333 g/mol. The van der Waals surface area contributed by atoms with Gasteiger partial charge in [0.15, 0.2) is 0 Å². The van der Waals surface area contributed by atoms with E-state index < -0.39 is 0 Å². The molecule has 2 N–H and O–H groups in total. The van der Waals surface area contributed by atoms with E-state index in [9.17, 15) is 5.11 Å². The Morgan fingerprint density at radius 2 is 2.06 bits per heavy atom. The van der Waals surface area contributed by atoms with Crippen molar-refractivity contribution in [2.45, 2.75) is 50.8 Å². The Morgan fingerprint density at radius 1 is 1.28 bits per heavy atom. The van der Waals surface area contributed by atoms with Gasteiger partial charge in [0.2, 0.25) is 0 Å². The van der Waals surface area contributed by atoms with E-state index in [0.717, 1.165) is 35.3 Å². The molecule has 18 heavy (non-hydrogen) atoms. The zero-order valence-corrected chi connectivity index (χ0v) is 12.7. The molecule has 0 spiro atoms. The van der Waals surface area contributed by atoms with Gasteiger partial charge < -0.3 is 10.4 Å². The third kappa shape index (κ3) is 3.95. The summed E-state index contributed by atoms with van der Waals surface area (Å²) in [5.41, 5.74) is 1.18. The van der Waals surface area contributed by atoms with Crippen LogP contribution in [0.3, 0.4) is 0 Å². The van der Waals surface area contributed by atoms with Gasteiger partial charge in [-0.05, 0) is 46.5 Å². The predicted octanol–water partition coefficient (Wildman–Crippen LogP) is 3.89. The number of aliphatic hydroxyl groups is 1. The van der Waals surface area contributed by atoms with Gasteiger partial charge >= 0.3 is 0 Å². The highest BCUT2D eigenvalue weighted by molar-refractivity contribution is 9.10. The summed E-state index contributed by atoms with van der Waals surface area (Å²) >= 11 is 9.39. The molecule has 0 aromatic heterocycles. The van der Waals surface area contributed by atoms with E-state index in [1.165, 1.54) is 18.4 Å². The molecule has 1 saturated carbocycles. The summed E-state index contributed by atoms with van der Waals surface area (Å²) in [6, 6.07) is 6.16. The highest BCUT2D eigenvalue weighted by Crippen LogP contribution is 2.24. The fourth-order valence-corrected chi connectivity index (χ4v) is 2.97. The smallest absolute Gasteiger partial charge is 0.0693 e. The second kappa shape index (κ2) is 6.90. The first-order valence-corrected chi connectivity index (χ1v) is 7.69. The van der Waals surface area contributed by atoms with Crippen molar-refractivity contribution in [3.05, 3.63) is 33.3 Å². The minimum Gasteiger partial charge on any atom is -0.392 e. The maximum atomic E-state index is 10.0. The van der Waals surface area contributed by atoms with Crippen LogP contribution in [0.4, 0.5) is 0 Å². The molecular weight excluding hydrogens is 314 g/mol. The Labute approximate surface area is 122 Å². The summed E-state index contributed by atoms with van der Waals surface area (Å²) in [4.78, 5) is 0. The number of nitrogens with one attached hydrogen (secondary N) is 1. The van der Waals surface area contributed by atoms with Crippen molar-refractivity contribution in [2.24, 2.45) is 0 Å². The summed E-state index contributed by atoms with van der Waals surface area (Å²) < 4.78 is 0.921. The number of hydrogen-bond donors (Lipinski definition) is 2. The summed E-state index contributed by atoms with van der Waals surface area (Å²) in [6.45, 7) is 0.775. The molecule has 2 nitrogen and oxygen atoms in total. The molecule has 1 aromatic rings. The lowest BCUT2D eigenvalue weighted by atomic mass is 10.1. The van der Waals surface area contributed by atoms with E-state index >= 15 is 0 Å². The molecular formula is C14H19BrClNO. The van der Waals surface area contributed by atoms with E-state index in [1.54, 1.807) is 0 Å². The molecule has 0 amide bonds. The van der Waals surface area contributed by atoms with Crippen LogP contribution in [0.1, 0.15) is 37.7 Å². The van der Waals surface area contributed by atoms with Gasteiger partial charge in [-0.1, -0.05) is 36.9 Å². The van der Waals surface area contributed by atoms with E-state index in [4.69, 9.17) is 11.6 Å². The Hall–Kier alpha value is -0.0900. The first-order valence-electron chi connectivity index (χ1n) is 6.52. The molecule has 1 aliphatic rings. The normalized spacial score (nSPS) is 24.8. The number of halogens is 2. The van der Waals surface area contributed by atoms with Crippen molar-refractivity contribution < 1.29 is 5.11 Å². The van der Waals surface area contributed by atoms with E-state index in [0.29, 0.717) is 0 Å². The van der Waals surface area contributed by atoms with Crippen molar-refractivity contribution in [3.63, 3.8) is 0 Å². The molecule has 0 saturated heterocycles. The maximum absolute atomic E-state index is 10.0. The van der Waals surface area contributed by atoms with E-state index in [1.807, 2.05) is 18.2 Å². The van der Waals surface area contributed by atoms with Crippen LogP contribution in [-0.2, 0) is 6.54 Å². The summed E-state index contributed by atoms with van der Waals surface area (Å²) in [5, 5.41) is 14.2. The van der Waals surface area contributed by atoms with Gasteiger partial charge in [-0.2, -0.15) is 0 Å². The molecule has 0 radical (unpaired) electrons. The topological polar surface area (TPSA) is 32.3 Å². The summed E-state index contributed by atoms with van der Waals surface area (Å²) in [5.74, 6) is 0. The lowest BCUT2D eigenvalue weighted by molar-refractivity contribution is 0.119. The van der Waals surface area contributed by atoms with E-state index in [-0.39, 0.29) is 12.1 Å². The van der Waals surface area contributed by atoms with Crippen molar-refractivity contribution in [2.75, 3.05) is 0 Å². The molecule has 100 valence electrons. The molecule has 2 atom stereocenters. The molecule has 2 unspecified atom stereocenters. The lowest BCUT2D eigenvalue weighted by Crippen LogP contribution is -2.38. The lowest BCUT2D eigenvalue weighted by Gasteiger charge is -2.22. The Balaban J connectivity index is 1.91. The highest BCUT2D eigenvalue weighted by Gasteiger charge is 2.20. The zero-order valence-electron chi connectivity index (χ0n) is 10.3. The Morgan fingerprint density at radius 3 is 2.83 bits per heavy atom. The molecule has 2 rings (SSSR count). The maximum Gasteiger partial charge on any atom is 0.0693 e. The van der Waals surface area contributed by atoms with Crippen LogP contribution in [0.5, 0.6) is 0 Å². The largest absolute Gasteiger partial charge is 0.392 e. The molecule has 1 fully saturated rings. The molecule has 0 bridgehead atoms. The van der Waals surface area contributed by atoms with Crippen LogP contribution in [-0.4, -0.2) is 17.3 Å². The van der Waals surface area contributed by atoms with Gasteiger partial charge in [0.1, 0.15) is 0 Å². The van der Waals surface area contributed by atoms with Crippen molar-refractivity contribution in [3.8, 4) is 0 Å². The van der Waals surface area contributed by atoms with Crippen LogP contribution < -0.4 is 5.32 Å². The number of benzene rings is 1. The number of rotatable bonds is 3. The monoisotopic (exact) mass is 331 g/mol.